The fraction of sp³-hybridized carbons (Fsp3) is 0.367. The highest BCUT2D eigenvalue weighted by Crippen LogP contribution is 2.53. The van der Waals surface area contributed by atoms with E-state index in [1.165, 1.54) is 11.1 Å². The number of imidazole rings is 2. The lowest BCUT2D eigenvalue weighted by molar-refractivity contribution is -0.154. The van der Waals surface area contributed by atoms with Crippen molar-refractivity contribution in [3.63, 3.8) is 0 Å². The van der Waals surface area contributed by atoms with Crippen LogP contribution in [0.15, 0.2) is 134 Å². The van der Waals surface area contributed by atoms with Crippen molar-refractivity contribution in [3.05, 3.63) is 156 Å². The lowest BCUT2D eigenvalue weighted by atomic mass is 9.61. The maximum absolute atomic E-state index is 16.1. The number of nitrogens with zero attached hydrogens (tertiary/aromatic N) is 4. The van der Waals surface area contributed by atoms with Crippen molar-refractivity contribution in [2.24, 2.45) is 11.8 Å². The van der Waals surface area contributed by atoms with E-state index in [2.05, 4.69) is 128 Å². The molecule has 0 saturated heterocycles. The fourth-order valence-electron chi connectivity index (χ4n) is 11.3. The third kappa shape index (κ3) is 5.98. The number of benzene rings is 4. The summed E-state index contributed by atoms with van der Waals surface area (Å²) in [5, 5.41) is 26.2. The number of fused-ring (bicyclic) bond motifs is 6. The predicted molar refractivity (Wildman–Crippen MR) is 218 cm³/mol. The van der Waals surface area contributed by atoms with Gasteiger partial charge < -0.3 is 19.3 Å². The molecule has 4 atom stereocenters. The van der Waals surface area contributed by atoms with Gasteiger partial charge in [-0.2, -0.15) is 0 Å². The zero-order valence-corrected chi connectivity index (χ0v) is 31.8. The molecule has 2 aliphatic heterocycles. The van der Waals surface area contributed by atoms with E-state index >= 15 is 4.79 Å². The second kappa shape index (κ2) is 14.1. The molecule has 4 heterocycles. The molecule has 6 aromatic rings. The highest BCUT2D eigenvalue weighted by Gasteiger charge is 2.53. The molecule has 2 aromatic heterocycles. The first-order valence-corrected chi connectivity index (χ1v) is 20.7. The summed E-state index contributed by atoms with van der Waals surface area (Å²) in [5.41, 5.74) is 6.83. The number of carbonyl (C=O) groups is 1. The van der Waals surface area contributed by atoms with Crippen LogP contribution in [0.5, 0.6) is 0 Å². The van der Waals surface area contributed by atoms with Gasteiger partial charge in [0.1, 0.15) is 5.78 Å². The third-order valence-corrected chi connectivity index (χ3v) is 14.3. The van der Waals surface area contributed by atoms with Gasteiger partial charge in [0.15, 0.2) is 0 Å². The zero-order chi connectivity index (χ0) is 37.9. The van der Waals surface area contributed by atoms with Gasteiger partial charge in [0.2, 0.25) is 0 Å². The molecule has 2 aliphatic carbocycles. The third-order valence-electron chi connectivity index (χ3n) is 14.3. The summed E-state index contributed by atoms with van der Waals surface area (Å²) < 4.78 is 4.40. The van der Waals surface area contributed by atoms with Crippen molar-refractivity contribution in [1.29, 1.82) is 0 Å². The first-order chi connectivity index (χ1) is 27.4. The molecular weight excluding hydrogens is 693 g/mol. The van der Waals surface area contributed by atoms with Crippen molar-refractivity contribution >= 4 is 5.78 Å². The van der Waals surface area contributed by atoms with Gasteiger partial charge in [-0.1, -0.05) is 109 Å². The van der Waals surface area contributed by atoms with Crippen molar-refractivity contribution in [2.75, 3.05) is 0 Å². The van der Waals surface area contributed by atoms with Gasteiger partial charge in [0.05, 0.1) is 59.7 Å². The molecule has 7 heteroatoms. The molecule has 0 bridgehead atoms. The van der Waals surface area contributed by atoms with Gasteiger partial charge >= 0.3 is 0 Å². The zero-order valence-electron chi connectivity index (χ0n) is 31.8. The van der Waals surface area contributed by atoms with Crippen molar-refractivity contribution < 1.29 is 15.0 Å². The van der Waals surface area contributed by atoms with Crippen LogP contribution in [-0.4, -0.2) is 46.3 Å². The largest absolute Gasteiger partial charge is 0.389 e. The van der Waals surface area contributed by atoms with Gasteiger partial charge in [0.25, 0.3) is 0 Å². The molecule has 4 aromatic carbocycles. The molecule has 56 heavy (non-hydrogen) atoms. The van der Waals surface area contributed by atoms with Crippen LogP contribution in [0.25, 0.3) is 22.5 Å². The minimum Gasteiger partial charge on any atom is -0.389 e. The van der Waals surface area contributed by atoms with E-state index in [4.69, 9.17) is 0 Å². The average molecular weight is 743 g/mol. The number of Topliss-reactive ketones (excluding diaryl/α,β-unsaturated/α-hetero) is 1. The van der Waals surface area contributed by atoms with E-state index in [0.29, 0.717) is 50.4 Å². The van der Waals surface area contributed by atoms with Crippen molar-refractivity contribution in [1.82, 2.24) is 19.1 Å². The van der Waals surface area contributed by atoms with Crippen LogP contribution in [0.3, 0.4) is 0 Å². The summed E-state index contributed by atoms with van der Waals surface area (Å²) in [6, 6.07) is 37.8. The summed E-state index contributed by atoms with van der Waals surface area (Å²) >= 11 is 0. The highest BCUT2D eigenvalue weighted by atomic mass is 16.3. The smallest absolute Gasteiger partial charge is 0.144 e. The van der Waals surface area contributed by atoms with Gasteiger partial charge in [-0.25, -0.2) is 9.97 Å². The van der Waals surface area contributed by atoms with Crippen LogP contribution in [0, 0.1) is 11.8 Å². The lowest BCUT2D eigenvalue weighted by Gasteiger charge is -2.47. The minimum absolute atomic E-state index is 0.00316. The van der Waals surface area contributed by atoms with E-state index in [1.54, 1.807) is 0 Å². The molecule has 4 unspecified atom stereocenters. The Hall–Kier alpha value is -5.11. The van der Waals surface area contributed by atoms with Crippen LogP contribution < -0.4 is 0 Å². The average Bonchev–Trinajstić information content (AvgIpc) is 4.03. The Kier molecular flexibility index (Phi) is 8.91. The topological polar surface area (TPSA) is 93.2 Å². The van der Waals surface area contributed by atoms with E-state index in [1.807, 2.05) is 25.0 Å². The number of aliphatic hydroxyl groups is 2. The van der Waals surface area contributed by atoms with E-state index in [9.17, 15) is 10.2 Å². The molecule has 7 nitrogen and oxygen atoms in total. The number of hydrogen-bond acceptors (Lipinski definition) is 5. The Balaban J connectivity index is 1.04. The first-order valence-electron chi connectivity index (χ1n) is 20.7. The Morgan fingerprint density at radius 2 is 0.946 bits per heavy atom. The maximum Gasteiger partial charge on any atom is 0.144 e. The van der Waals surface area contributed by atoms with Crippen LogP contribution >= 0.6 is 0 Å². The molecule has 0 radical (unpaired) electrons. The van der Waals surface area contributed by atoms with E-state index in [0.717, 1.165) is 59.3 Å². The summed E-state index contributed by atoms with van der Waals surface area (Å²) in [4.78, 5) is 25.2. The number of ketones is 1. The number of aromatic nitrogens is 4. The van der Waals surface area contributed by atoms with E-state index < -0.39 is 23.0 Å². The molecule has 4 aliphatic rings. The monoisotopic (exact) mass is 742 g/mol. The second-order valence-electron chi connectivity index (χ2n) is 17.1. The number of carbonyl (C=O) groups excluding carboxylic acids is 1. The number of rotatable bonds is 10. The molecule has 0 amide bonds. The molecule has 2 N–H and O–H groups in total. The first kappa shape index (κ1) is 35.3. The van der Waals surface area contributed by atoms with Crippen LogP contribution in [-0.2, 0) is 4.79 Å². The summed E-state index contributed by atoms with van der Waals surface area (Å²) in [6.07, 6.45) is 13.8. The summed E-state index contributed by atoms with van der Waals surface area (Å²) in [5.74, 6) is -0.704. The van der Waals surface area contributed by atoms with E-state index in [-0.39, 0.29) is 17.9 Å². The quantitative estimate of drug-likeness (QED) is 0.146. The fourth-order valence-corrected chi connectivity index (χ4v) is 11.3. The SMILES string of the molecule is O=C(C(CC1c2ccccc2-c2cncn21)C1(O)CCC(c2ccccc2)CC1)C(CC1c2ccccc2-c2cncn21)C1(O)CCC(c2ccccc2)CC1. The molecule has 2 saturated carbocycles. The summed E-state index contributed by atoms with van der Waals surface area (Å²) in [6.45, 7) is 0. The predicted octanol–water partition coefficient (Wildman–Crippen LogP) is 9.68. The van der Waals surface area contributed by atoms with Gasteiger partial charge in [0, 0.05) is 23.0 Å². The van der Waals surface area contributed by atoms with Crippen LogP contribution in [0.2, 0.25) is 0 Å². The normalized spacial score (nSPS) is 27.5. The molecule has 0 spiro atoms. The Morgan fingerprint density at radius 3 is 1.36 bits per heavy atom. The Labute approximate surface area is 329 Å². The Morgan fingerprint density at radius 1 is 0.571 bits per heavy atom. The van der Waals surface area contributed by atoms with Crippen molar-refractivity contribution in [2.45, 2.75) is 99.3 Å². The molecular formula is C49H50N4O3. The summed E-state index contributed by atoms with van der Waals surface area (Å²) in [7, 11) is 0. The molecule has 2 fully saturated rings. The van der Waals surface area contributed by atoms with Gasteiger partial charge in [-0.15, -0.1) is 0 Å². The van der Waals surface area contributed by atoms with Crippen LogP contribution in [0.1, 0.15) is 110 Å². The van der Waals surface area contributed by atoms with Crippen LogP contribution in [0.4, 0.5) is 0 Å². The standard InChI is InChI=1S/C49H50N4O3/c54-47(41(48(55)23-19-35(20-24-48)33-11-3-1-4-12-33)27-43-37-15-7-9-17-39(37)45-29-50-31-52(43)45)42(49(56)25-21-36(22-26-49)34-13-5-2-6-14-34)28-44-38-16-8-10-18-40(38)46-30-51-32-53(44)46/h1-18,29-32,35-36,41-44,55-56H,19-28H2. The second-order valence-corrected chi connectivity index (χ2v) is 17.1. The molecule has 284 valence electrons. The van der Waals surface area contributed by atoms with Gasteiger partial charge in [-0.3, -0.25) is 4.79 Å². The van der Waals surface area contributed by atoms with Gasteiger partial charge in [-0.05, 0) is 98.3 Å². The number of hydrogen-bond donors (Lipinski definition) is 2. The minimum atomic E-state index is -1.22. The van der Waals surface area contributed by atoms with Crippen molar-refractivity contribution in [3.8, 4) is 22.5 Å². The molecule has 10 rings (SSSR count). The highest BCUT2D eigenvalue weighted by molar-refractivity contribution is 5.86. The Bertz CT molecular complexity index is 2170. The lowest BCUT2D eigenvalue weighted by Crippen LogP contribution is -2.53. The maximum atomic E-state index is 16.1.